The zero-order valence-corrected chi connectivity index (χ0v) is 13.5. The standard InChI is InChI=1S/C17H18N2O2S/c1-12-5-3-6-14(11-12)19-9-8-18(13(2)16(19)20)17(21)15-7-4-10-22-15/h3-7,10-11,13H,8-9H2,1-2H3. The van der Waals surface area contributed by atoms with Crippen LogP contribution in [0.1, 0.15) is 22.2 Å². The Morgan fingerprint density at radius 2 is 2.05 bits per heavy atom. The highest BCUT2D eigenvalue weighted by molar-refractivity contribution is 7.12. The van der Waals surface area contributed by atoms with Gasteiger partial charge in [-0.05, 0) is 43.0 Å². The number of benzene rings is 1. The maximum absolute atomic E-state index is 12.7. The van der Waals surface area contributed by atoms with Crippen molar-refractivity contribution in [2.24, 2.45) is 0 Å². The Hall–Kier alpha value is -2.14. The third-order valence-electron chi connectivity index (χ3n) is 3.96. The van der Waals surface area contributed by atoms with Crippen molar-refractivity contribution in [2.45, 2.75) is 19.9 Å². The number of aryl methyl sites for hydroxylation is 1. The van der Waals surface area contributed by atoms with E-state index in [-0.39, 0.29) is 11.8 Å². The summed E-state index contributed by atoms with van der Waals surface area (Å²) in [5.41, 5.74) is 2.02. The van der Waals surface area contributed by atoms with Gasteiger partial charge in [0.1, 0.15) is 6.04 Å². The third kappa shape index (κ3) is 2.64. The molecular formula is C17H18N2O2S. The van der Waals surface area contributed by atoms with E-state index in [0.29, 0.717) is 18.0 Å². The van der Waals surface area contributed by atoms with Gasteiger partial charge in [0.15, 0.2) is 0 Å². The van der Waals surface area contributed by atoms with Crippen LogP contribution < -0.4 is 4.90 Å². The van der Waals surface area contributed by atoms with E-state index in [0.717, 1.165) is 11.3 Å². The highest BCUT2D eigenvalue weighted by Gasteiger charge is 2.35. The van der Waals surface area contributed by atoms with Gasteiger partial charge in [0, 0.05) is 18.8 Å². The van der Waals surface area contributed by atoms with Gasteiger partial charge in [-0.2, -0.15) is 0 Å². The largest absolute Gasteiger partial charge is 0.324 e. The quantitative estimate of drug-likeness (QED) is 0.855. The molecule has 1 aliphatic rings. The molecule has 2 aromatic rings. The predicted molar refractivity (Wildman–Crippen MR) is 88.3 cm³/mol. The van der Waals surface area contributed by atoms with E-state index in [1.54, 1.807) is 22.8 Å². The Labute approximate surface area is 134 Å². The van der Waals surface area contributed by atoms with Crippen molar-refractivity contribution >= 4 is 28.8 Å². The Morgan fingerprint density at radius 1 is 1.23 bits per heavy atom. The maximum atomic E-state index is 12.7. The third-order valence-corrected chi connectivity index (χ3v) is 4.82. The number of piperazine rings is 1. The summed E-state index contributed by atoms with van der Waals surface area (Å²) in [4.78, 5) is 29.3. The van der Waals surface area contributed by atoms with Gasteiger partial charge < -0.3 is 9.80 Å². The number of nitrogens with zero attached hydrogens (tertiary/aromatic N) is 2. The highest BCUT2D eigenvalue weighted by Crippen LogP contribution is 2.23. The molecule has 0 spiro atoms. The monoisotopic (exact) mass is 314 g/mol. The van der Waals surface area contributed by atoms with E-state index in [1.165, 1.54) is 11.3 Å². The number of carbonyl (C=O) groups is 2. The Balaban J connectivity index is 1.80. The van der Waals surface area contributed by atoms with Gasteiger partial charge in [-0.25, -0.2) is 0 Å². The van der Waals surface area contributed by atoms with Crippen molar-refractivity contribution in [2.75, 3.05) is 18.0 Å². The van der Waals surface area contributed by atoms with Crippen LogP contribution in [0.2, 0.25) is 0 Å². The second-order valence-electron chi connectivity index (χ2n) is 5.48. The molecule has 1 aliphatic heterocycles. The molecule has 2 heterocycles. The number of thiophene rings is 1. The molecule has 5 heteroatoms. The summed E-state index contributed by atoms with van der Waals surface area (Å²) >= 11 is 1.41. The van der Waals surface area contributed by atoms with Gasteiger partial charge in [0.25, 0.3) is 5.91 Å². The van der Waals surface area contributed by atoms with Gasteiger partial charge in [-0.1, -0.05) is 18.2 Å². The molecule has 22 heavy (non-hydrogen) atoms. The molecule has 2 amide bonds. The molecule has 0 N–H and O–H groups in total. The first-order valence-electron chi connectivity index (χ1n) is 7.30. The van der Waals surface area contributed by atoms with E-state index in [2.05, 4.69) is 0 Å². The van der Waals surface area contributed by atoms with Crippen LogP contribution in [0.5, 0.6) is 0 Å². The molecule has 0 saturated carbocycles. The van der Waals surface area contributed by atoms with E-state index in [9.17, 15) is 9.59 Å². The lowest BCUT2D eigenvalue weighted by Gasteiger charge is -2.39. The van der Waals surface area contributed by atoms with Gasteiger partial charge in [0.05, 0.1) is 4.88 Å². The van der Waals surface area contributed by atoms with Crippen LogP contribution in [0.3, 0.4) is 0 Å². The molecule has 1 aromatic heterocycles. The minimum atomic E-state index is -0.441. The van der Waals surface area contributed by atoms with Crippen molar-refractivity contribution < 1.29 is 9.59 Å². The summed E-state index contributed by atoms with van der Waals surface area (Å²) in [6.45, 7) is 4.89. The number of rotatable bonds is 2. The number of hydrogen-bond donors (Lipinski definition) is 0. The van der Waals surface area contributed by atoms with E-state index in [4.69, 9.17) is 0 Å². The van der Waals surface area contributed by atoms with Crippen LogP contribution in [-0.2, 0) is 4.79 Å². The number of amides is 2. The van der Waals surface area contributed by atoms with E-state index >= 15 is 0 Å². The first-order chi connectivity index (χ1) is 10.6. The molecule has 1 unspecified atom stereocenters. The summed E-state index contributed by atoms with van der Waals surface area (Å²) in [5, 5.41) is 1.88. The summed E-state index contributed by atoms with van der Waals surface area (Å²) < 4.78 is 0. The molecule has 1 saturated heterocycles. The van der Waals surface area contributed by atoms with Crippen molar-refractivity contribution in [3.05, 3.63) is 52.2 Å². The van der Waals surface area contributed by atoms with Crippen LogP contribution in [0.4, 0.5) is 5.69 Å². The fraction of sp³-hybridized carbons (Fsp3) is 0.294. The molecular weight excluding hydrogens is 296 g/mol. The van der Waals surface area contributed by atoms with Crippen LogP contribution >= 0.6 is 11.3 Å². The minimum absolute atomic E-state index is 0.0262. The van der Waals surface area contributed by atoms with Crippen LogP contribution in [-0.4, -0.2) is 35.8 Å². The zero-order chi connectivity index (χ0) is 15.7. The molecule has 3 rings (SSSR count). The Bertz CT molecular complexity index is 696. The SMILES string of the molecule is Cc1cccc(N2CCN(C(=O)c3cccs3)C(C)C2=O)c1. The zero-order valence-electron chi connectivity index (χ0n) is 12.7. The fourth-order valence-electron chi connectivity index (χ4n) is 2.74. The first kappa shape index (κ1) is 14.8. The van der Waals surface area contributed by atoms with Gasteiger partial charge in [-0.3, -0.25) is 9.59 Å². The van der Waals surface area contributed by atoms with Crippen LogP contribution in [0.15, 0.2) is 41.8 Å². The smallest absolute Gasteiger partial charge is 0.264 e. The lowest BCUT2D eigenvalue weighted by molar-refractivity contribution is -0.124. The second-order valence-corrected chi connectivity index (χ2v) is 6.43. The van der Waals surface area contributed by atoms with Crippen LogP contribution in [0.25, 0.3) is 0 Å². The lowest BCUT2D eigenvalue weighted by Crippen LogP contribution is -2.57. The average Bonchev–Trinajstić information content (AvgIpc) is 3.03. The molecule has 0 aliphatic carbocycles. The van der Waals surface area contributed by atoms with Gasteiger partial charge >= 0.3 is 0 Å². The molecule has 4 nitrogen and oxygen atoms in total. The summed E-state index contributed by atoms with van der Waals surface area (Å²) in [6, 6.07) is 11.1. The lowest BCUT2D eigenvalue weighted by atomic mass is 10.1. The molecule has 0 bridgehead atoms. The fourth-order valence-corrected chi connectivity index (χ4v) is 3.42. The topological polar surface area (TPSA) is 40.6 Å². The van der Waals surface area contributed by atoms with Crippen molar-refractivity contribution in [3.63, 3.8) is 0 Å². The normalized spacial score (nSPS) is 18.6. The number of anilines is 1. The van der Waals surface area contributed by atoms with Crippen molar-refractivity contribution in [1.29, 1.82) is 0 Å². The first-order valence-corrected chi connectivity index (χ1v) is 8.18. The summed E-state index contributed by atoms with van der Waals surface area (Å²) in [5.74, 6) is -0.0819. The molecule has 1 atom stereocenters. The molecule has 114 valence electrons. The molecule has 1 aromatic carbocycles. The van der Waals surface area contributed by atoms with E-state index < -0.39 is 6.04 Å². The molecule has 0 radical (unpaired) electrons. The van der Waals surface area contributed by atoms with Gasteiger partial charge in [0.2, 0.25) is 5.91 Å². The van der Waals surface area contributed by atoms with Crippen LogP contribution in [0, 0.1) is 6.92 Å². The predicted octanol–water partition coefficient (Wildman–Crippen LogP) is 2.93. The van der Waals surface area contributed by atoms with E-state index in [1.807, 2.05) is 42.6 Å². The summed E-state index contributed by atoms with van der Waals surface area (Å²) in [6.07, 6.45) is 0. The Kier molecular flexibility index (Phi) is 3.98. The summed E-state index contributed by atoms with van der Waals surface area (Å²) in [7, 11) is 0. The Morgan fingerprint density at radius 3 is 2.73 bits per heavy atom. The molecule has 1 fully saturated rings. The van der Waals surface area contributed by atoms with Crippen molar-refractivity contribution in [3.8, 4) is 0 Å². The number of carbonyl (C=O) groups excluding carboxylic acids is 2. The average molecular weight is 314 g/mol. The number of hydrogen-bond acceptors (Lipinski definition) is 3. The maximum Gasteiger partial charge on any atom is 0.264 e. The van der Waals surface area contributed by atoms with Crippen molar-refractivity contribution in [1.82, 2.24) is 4.90 Å². The minimum Gasteiger partial charge on any atom is -0.324 e. The van der Waals surface area contributed by atoms with Gasteiger partial charge in [-0.15, -0.1) is 11.3 Å². The highest BCUT2D eigenvalue weighted by atomic mass is 32.1. The second kappa shape index (κ2) is 5.93.